The van der Waals surface area contributed by atoms with Crippen molar-refractivity contribution >= 4 is 40.5 Å². The highest BCUT2D eigenvalue weighted by molar-refractivity contribution is 7.80. The molecule has 0 radical (unpaired) electrons. The van der Waals surface area contributed by atoms with E-state index < -0.39 is 28.5 Å². The molecule has 2 rings (SSSR count). The molecular formula is C13H15ClF3N7OS. The fraction of sp³-hybridized carbons (Fsp3) is 0.385. The first kappa shape index (κ1) is 20.0. The molecule has 8 nitrogen and oxygen atoms in total. The quantitative estimate of drug-likeness (QED) is 0.532. The lowest BCUT2D eigenvalue weighted by Gasteiger charge is -2.11. The highest BCUT2D eigenvalue weighted by Crippen LogP contribution is 2.35. The van der Waals surface area contributed by atoms with E-state index in [1.807, 2.05) is 13.8 Å². The number of hydrogen-bond acceptors (Lipinski definition) is 4. The molecule has 2 heterocycles. The van der Waals surface area contributed by atoms with Gasteiger partial charge < -0.3 is 5.32 Å². The highest BCUT2D eigenvalue weighted by atomic mass is 35.5. The zero-order valence-corrected chi connectivity index (χ0v) is 15.5. The molecule has 26 heavy (non-hydrogen) atoms. The molecule has 0 bridgehead atoms. The molecule has 0 aliphatic carbocycles. The Hall–Kier alpha value is -2.34. The summed E-state index contributed by atoms with van der Waals surface area (Å²) in [4.78, 5) is 12.1. The smallest absolute Gasteiger partial charge is 0.329 e. The molecule has 0 fully saturated rings. The van der Waals surface area contributed by atoms with Gasteiger partial charge in [0, 0.05) is 13.6 Å². The molecule has 0 saturated carbocycles. The summed E-state index contributed by atoms with van der Waals surface area (Å²) in [5.74, 6) is -0.925. The second kappa shape index (κ2) is 7.50. The summed E-state index contributed by atoms with van der Waals surface area (Å²) in [6.07, 6.45) is -3.21. The highest BCUT2D eigenvalue weighted by Gasteiger charge is 2.39. The summed E-state index contributed by atoms with van der Waals surface area (Å²) in [6, 6.07) is 0. The van der Waals surface area contributed by atoms with E-state index in [1.165, 1.54) is 7.05 Å². The number of carbonyl (C=O) groups excluding carboxylic acids is 1. The first-order chi connectivity index (χ1) is 12.1. The van der Waals surface area contributed by atoms with Gasteiger partial charge in [-0.3, -0.25) is 25.0 Å². The number of anilines is 1. The molecule has 2 aromatic rings. The number of hydrazine groups is 1. The van der Waals surface area contributed by atoms with Crippen molar-refractivity contribution in [3.63, 3.8) is 0 Å². The number of nitrogens with zero attached hydrogens (tertiary/aromatic N) is 4. The average molecular weight is 410 g/mol. The number of hydrogen-bond donors (Lipinski definition) is 3. The minimum atomic E-state index is -4.77. The van der Waals surface area contributed by atoms with Gasteiger partial charge >= 0.3 is 6.18 Å². The van der Waals surface area contributed by atoms with Crippen molar-refractivity contribution in [3.8, 4) is 0 Å². The Morgan fingerprint density at radius 1 is 1.38 bits per heavy atom. The second-order valence-corrected chi connectivity index (χ2v) is 5.91. The molecular weight excluding hydrogens is 395 g/mol. The molecule has 3 N–H and O–H groups in total. The summed E-state index contributed by atoms with van der Waals surface area (Å²) in [5.41, 5.74) is 4.22. The molecule has 0 unspecified atom stereocenters. The van der Waals surface area contributed by atoms with Crippen LogP contribution in [0.15, 0.2) is 6.20 Å². The number of rotatable bonds is 3. The van der Waals surface area contributed by atoms with Gasteiger partial charge in [-0.05, 0) is 26.1 Å². The standard InChI is InChI=1S/C13H15ClF3N7OS/c1-4-24-6(2)7(5-18-24)19-12(26)21-20-11(25)9-8(14)10(13(15,16)17)22-23(9)3/h5H,4H2,1-3H3,(H,20,25)(H2,19,21,26). The lowest BCUT2D eigenvalue weighted by molar-refractivity contribution is -0.141. The van der Waals surface area contributed by atoms with Crippen molar-refractivity contribution in [2.24, 2.45) is 7.05 Å². The number of carbonyl (C=O) groups is 1. The lowest BCUT2D eigenvalue weighted by atomic mass is 10.3. The van der Waals surface area contributed by atoms with Crippen LogP contribution in [0.25, 0.3) is 0 Å². The molecule has 1 amide bonds. The van der Waals surface area contributed by atoms with E-state index in [2.05, 4.69) is 26.4 Å². The summed E-state index contributed by atoms with van der Waals surface area (Å²) in [5, 5.41) is 9.40. The van der Waals surface area contributed by atoms with E-state index >= 15 is 0 Å². The number of thiocarbonyl (C=S) groups is 1. The third kappa shape index (κ3) is 4.07. The average Bonchev–Trinajstić information content (AvgIpc) is 3.05. The van der Waals surface area contributed by atoms with Gasteiger partial charge in [0.15, 0.2) is 10.8 Å². The molecule has 0 aliphatic heterocycles. The van der Waals surface area contributed by atoms with Crippen LogP contribution in [-0.2, 0) is 19.8 Å². The van der Waals surface area contributed by atoms with Gasteiger partial charge in [-0.1, -0.05) is 11.6 Å². The number of alkyl halides is 3. The number of amides is 1. The molecule has 0 aliphatic rings. The second-order valence-electron chi connectivity index (χ2n) is 5.13. The number of nitrogens with one attached hydrogen (secondary N) is 3. The number of aromatic nitrogens is 4. The van der Waals surface area contributed by atoms with E-state index in [-0.39, 0.29) is 5.11 Å². The van der Waals surface area contributed by atoms with Crippen LogP contribution in [0.3, 0.4) is 0 Å². The fourth-order valence-corrected chi connectivity index (χ4v) is 2.65. The predicted octanol–water partition coefficient (Wildman–Crippen LogP) is 2.25. The van der Waals surface area contributed by atoms with E-state index in [0.717, 1.165) is 10.4 Å². The van der Waals surface area contributed by atoms with Crippen LogP contribution >= 0.6 is 23.8 Å². The van der Waals surface area contributed by atoms with Gasteiger partial charge in [-0.25, -0.2) is 0 Å². The Morgan fingerprint density at radius 3 is 2.54 bits per heavy atom. The summed E-state index contributed by atoms with van der Waals surface area (Å²) >= 11 is 10.7. The van der Waals surface area contributed by atoms with Crippen molar-refractivity contribution in [1.29, 1.82) is 0 Å². The molecule has 0 atom stereocenters. The van der Waals surface area contributed by atoms with Crippen molar-refractivity contribution in [1.82, 2.24) is 30.4 Å². The lowest BCUT2D eigenvalue weighted by Crippen LogP contribution is -2.44. The maximum atomic E-state index is 12.8. The predicted molar refractivity (Wildman–Crippen MR) is 92.7 cm³/mol. The van der Waals surface area contributed by atoms with Gasteiger partial charge in [0.05, 0.1) is 17.6 Å². The van der Waals surface area contributed by atoms with Gasteiger partial charge in [0.25, 0.3) is 5.91 Å². The monoisotopic (exact) mass is 409 g/mol. The Labute approximate surface area is 156 Å². The van der Waals surface area contributed by atoms with Crippen LogP contribution in [-0.4, -0.2) is 30.6 Å². The van der Waals surface area contributed by atoms with Crippen LogP contribution in [0.4, 0.5) is 18.9 Å². The minimum Gasteiger partial charge on any atom is -0.329 e. The SMILES string of the molecule is CCn1ncc(NC(=S)NNC(=O)c2c(Cl)c(C(F)(F)F)nn2C)c1C. The van der Waals surface area contributed by atoms with Crippen molar-refractivity contribution < 1.29 is 18.0 Å². The number of aryl methyl sites for hydroxylation is 2. The van der Waals surface area contributed by atoms with Gasteiger partial charge in [-0.15, -0.1) is 0 Å². The summed E-state index contributed by atoms with van der Waals surface area (Å²) in [6.45, 7) is 4.42. The number of halogens is 4. The molecule has 0 spiro atoms. The third-order valence-electron chi connectivity index (χ3n) is 3.41. The van der Waals surface area contributed by atoms with Crippen LogP contribution in [0.1, 0.15) is 28.8 Å². The Bertz CT molecular complexity index is 846. The third-order valence-corrected chi connectivity index (χ3v) is 3.98. The molecule has 0 saturated heterocycles. The van der Waals surface area contributed by atoms with Crippen LogP contribution in [0.2, 0.25) is 5.02 Å². The Morgan fingerprint density at radius 2 is 2.04 bits per heavy atom. The van der Waals surface area contributed by atoms with Gasteiger partial charge in [0.2, 0.25) is 0 Å². The Kier molecular flexibility index (Phi) is 5.76. The van der Waals surface area contributed by atoms with Crippen molar-refractivity contribution in [2.45, 2.75) is 26.6 Å². The Balaban J connectivity index is 2.03. The van der Waals surface area contributed by atoms with Crippen molar-refractivity contribution in [3.05, 3.63) is 28.3 Å². The minimum absolute atomic E-state index is 0.0199. The van der Waals surface area contributed by atoms with E-state index in [4.69, 9.17) is 23.8 Å². The maximum Gasteiger partial charge on any atom is 0.436 e. The van der Waals surface area contributed by atoms with Crippen LogP contribution in [0, 0.1) is 6.92 Å². The summed E-state index contributed by atoms with van der Waals surface area (Å²) < 4.78 is 40.8. The maximum absolute atomic E-state index is 12.8. The van der Waals surface area contributed by atoms with E-state index in [1.54, 1.807) is 10.9 Å². The summed E-state index contributed by atoms with van der Waals surface area (Å²) in [7, 11) is 1.18. The first-order valence-corrected chi connectivity index (χ1v) is 8.04. The zero-order valence-electron chi connectivity index (χ0n) is 13.9. The first-order valence-electron chi connectivity index (χ1n) is 7.25. The largest absolute Gasteiger partial charge is 0.436 e. The fourth-order valence-electron chi connectivity index (χ4n) is 2.14. The van der Waals surface area contributed by atoms with Crippen LogP contribution < -0.4 is 16.2 Å². The van der Waals surface area contributed by atoms with Gasteiger partial charge in [-0.2, -0.15) is 23.4 Å². The normalized spacial score (nSPS) is 11.3. The molecule has 2 aromatic heterocycles. The molecule has 0 aromatic carbocycles. The van der Waals surface area contributed by atoms with Crippen LogP contribution in [0.5, 0.6) is 0 Å². The van der Waals surface area contributed by atoms with Crippen molar-refractivity contribution in [2.75, 3.05) is 5.32 Å². The van der Waals surface area contributed by atoms with Gasteiger partial charge in [0.1, 0.15) is 10.7 Å². The van der Waals surface area contributed by atoms with E-state index in [0.29, 0.717) is 12.2 Å². The zero-order chi connectivity index (χ0) is 19.6. The molecule has 142 valence electrons. The van der Waals surface area contributed by atoms with E-state index in [9.17, 15) is 18.0 Å². The molecule has 13 heteroatoms. The topological polar surface area (TPSA) is 88.8 Å².